The molecule has 0 aliphatic rings. The van der Waals surface area contributed by atoms with Crippen LogP contribution in [0, 0.1) is 11.3 Å². The van der Waals surface area contributed by atoms with E-state index in [0.29, 0.717) is 11.7 Å². The molecule has 0 aromatic carbocycles. The molecule has 0 amide bonds. The van der Waals surface area contributed by atoms with E-state index in [1.807, 2.05) is 6.07 Å². The van der Waals surface area contributed by atoms with Crippen molar-refractivity contribution in [2.75, 3.05) is 7.11 Å². The minimum absolute atomic E-state index is 0.111. The fourth-order valence-corrected chi connectivity index (χ4v) is 1.07. The van der Waals surface area contributed by atoms with Crippen molar-refractivity contribution in [2.24, 2.45) is 0 Å². The number of nitriles is 1. The summed E-state index contributed by atoms with van der Waals surface area (Å²) in [6.07, 6.45) is 1.43. The average molecular weight is 201 g/mol. The summed E-state index contributed by atoms with van der Waals surface area (Å²) in [7, 11) is 1.54. The predicted octanol–water partition coefficient (Wildman–Crippen LogP) is 0.543. The van der Waals surface area contributed by atoms with Gasteiger partial charge in [0.05, 0.1) is 7.11 Å². The Labute approximate surface area is 85.8 Å². The van der Waals surface area contributed by atoms with Crippen LogP contribution in [0.2, 0.25) is 0 Å². The van der Waals surface area contributed by atoms with Gasteiger partial charge in [0.2, 0.25) is 5.88 Å². The molecule has 0 spiro atoms. The number of methoxy groups -OCH3 is 1. The Bertz CT molecular complexity index is 513. The fourth-order valence-electron chi connectivity index (χ4n) is 1.07. The fraction of sp³-hybridized carbons (Fsp3) is 0.111. The molecule has 0 bridgehead atoms. The summed E-state index contributed by atoms with van der Waals surface area (Å²) < 4.78 is 6.39. The maximum absolute atomic E-state index is 8.57. The maximum atomic E-state index is 8.57. The third kappa shape index (κ3) is 1.76. The standard InChI is InChI=1S/C9H7N5O/c1-15-9-4-2-3-8(12-9)14-6-11-7(5-10)13-14/h2-4,6H,1H3. The monoisotopic (exact) mass is 201 g/mol. The van der Waals surface area contributed by atoms with Crippen molar-refractivity contribution in [3.8, 4) is 17.8 Å². The third-order valence-electron chi connectivity index (χ3n) is 1.74. The minimum Gasteiger partial charge on any atom is -0.481 e. The molecule has 0 aliphatic carbocycles. The summed E-state index contributed by atoms with van der Waals surface area (Å²) in [6.45, 7) is 0. The smallest absolute Gasteiger partial charge is 0.252 e. The van der Waals surface area contributed by atoms with Gasteiger partial charge in [0.1, 0.15) is 12.4 Å². The van der Waals surface area contributed by atoms with E-state index in [1.54, 1.807) is 18.2 Å². The van der Waals surface area contributed by atoms with E-state index in [1.165, 1.54) is 18.1 Å². The lowest BCUT2D eigenvalue weighted by atomic mass is 10.4. The van der Waals surface area contributed by atoms with Gasteiger partial charge in [0.15, 0.2) is 5.82 Å². The van der Waals surface area contributed by atoms with E-state index in [-0.39, 0.29) is 5.82 Å². The van der Waals surface area contributed by atoms with Crippen LogP contribution in [0.4, 0.5) is 0 Å². The quantitative estimate of drug-likeness (QED) is 0.708. The Balaban J connectivity index is 2.41. The first-order valence-corrected chi connectivity index (χ1v) is 4.16. The molecule has 0 N–H and O–H groups in total. The zero-order chi connectivity index (χ0) is 10.7. The van der Waals surface area contributed by atoms with E-state index in [4.69, 9.17) is 10.00 Å². The van der Waals surface area contributed by atoms with E-state index >= 15 is 0 Å². The van der Waals surface area contributed by atoms with Crippen LogP contribution in [-0.4, -0.2) is 26.9 Å². The highest BCUT2D eigenvalue weighted by atomic mass is 16.5. The molecule has 0 aliphatic heterocycles. The molecule has 0 atom stereocenters. The molecular weight excluding hydrogens is 194 g/mol. The minimum atomic E-state index is 0.111. The number of hydrogen-bond donors (Lipinski definition) is 0. The molecule has 2 aromatic rings. The number of pyridine rings is 1. The second-order valence-corrected chi connectivity index (χ2v) is 2.66. The number of hydrogen-bond acceptors (Lipinski definition) is 5. The van der Waals surface area contributed by atoms with Crippen LogP contribution in [0.5, 0.6) is 5.88 Å². The van der Waals surface area contributed by atoms with Gasteiger partial charge in [-0.1, -0.05) is 6.07 Å². The van der Waals surface area contributed by atoms with E-state index in [9.17, 15) is 0 Å². The first kappa shape index (κ1) is 9.15. The number of nitrogens with zero attached hydrogens (tertiary/aromatic N) is 5. The molecule has 6 heteroatoms. The van der Waals surface area contributed by atoms with Crippen molar-refractivity contribution in [3.05, 3.63) is 30.4 Å². The SMILES string of the molecule is COc1cccc(-n2cnc(C#N)n2)n1. The molecule has 0 fully saturated rings. The Hall–Kier alpha value is -2.42. The molecule has 0 saturated carbocycles. The van der Waals surface area contributed by atoms with Gasteiger partial charge in [-0.05, 0) is 6.07 Å². The summed E-state index contributed by atoms with van der Waals surface area (Å²) in [6, 6.07) is 7.11. The number of rotatable bonds is 2. The zero-order valence-electron chi connectivity index (χ0n) is 7.95. The first-order chi connectivity index (χ1) is 7.33. The van der Waals surface area contributed by atoms with Crippen LogP contribution >= 0.6 is 0 Å². The van der Waals surface area contributed by atoms with E-state index < -0.39 is 0 Å². The summed E-state index contributed by atoms with van der Waals surface area (Å²) in [4.78, 5) is 7.91. The Morgan fingerprint density at radius 1 is 1.47 bits per heavy atom. The Kier molecular flexibility index (Phi) is 2.29. The van der Waals surface area contributed by atoms with Crippen molar-refractivity contribution < 1.29 is 4.74 Å². The number of aromatic nitrogens is 4. The highest BCUT2D eigenvalue weighted by Crippen LogP contribution is 2.09. The second-order valence-electron chi connectivity index (χ2n) is 2.66. The molecule has 0 saturated heterocycles. The largest absolute Gasteiger partial charge is 0.481 e. The van der Waals surface area contributed by atoms with Crippen LogP contribution in [0.3, 0.4) is 0 Å². The molecule has 6 nitrogen and oxygen atoms in total. The molecule has 2 rings (SSSR count). The topological polar surface area (TPSA) is 76.6 Å². The maximum Gasteiger partial charge on any atom is 0.252 e. The highest BCUT2D eigenvalue weighted by Gasteiger charge is 2.03. The van der Waals surface area contributed by atoms with Crippen LogP contribution in [0.1, 0.15) is 5.82 Å². The number of ether oxygens (including phenoxy) is 1. The van der Waals surface area contributed by atoms with Gasteiger partial charge < -0.3 is 4.74 Å². The predicted molar refractivity (Wildman–Crippen MR) is 50.4 cm³/mol. The van der Waals surface area contributed by atoms with E-state index in [0.717, 1.165) is 0 Å². The lowest BCUT2D eigenvalue weighted by Crippen LogP contribution is -1.99. The Morgan fingerprint density at radius 2 is 2.33 bits per heavy atom. The normalized spacial score (nSPS) is 9.60. The molecule has 2 aromatic heterocycles. The van der Waals surface area contributed by atoms with Gasteiger partial charge in [0, 0.05) is 6.07 Å². The lowest BCUT2D eigenvalue weighted by molar-refractivity contribution is 0.397. The first-order valence-electron chi connectivity index (χ1n) is 4.16. The molecule has 0 radical (unpaired) electrons. The van der Waals surface area contributed by atoms with Gasteiger partial charge in [-0.2, -0.15) is 10.2 Å². The summed E-state index contributed by atoms with van der Waals surface area (Å²) in [5.74, 6) is 1.16. The molecule has 74 valence electrons. The van der Waals surface area contributed by atoms with Gasteiger partial charge in [-0.15, -0.1) is 5.10 Å². The lowest BCUT2D eigenvalue weighted by Gasteiger charge is -2.01. The van der Waals surface area contributed by atoms with Crippen molar-refractivity contribution in [1.29, 1.82) is 5.26 Å². The highest BCUT2D eigenvalue weighted by molar-refractivity contribution is 5.26. The van der Waals surface area contributed by atoms with Crippen LogP contribution < -0.4 is 4.74 Å². The van der Waals surface area contributed by atoms with Gasteiger partial charge in [-0.25, -0.2) is 9.67 Å². The van der Waals surface area contributed by atoms with Crippen molar-refractivity contribution in [3.63, 3.8) is 0 Å². The summed E-state index contributed by atoms with van der Waals surface area (Å²) in [5, 5.41) is 12.5. The second kappa shape index (κ2) is 3.75. The molecule has 0 unspecified atom stereocenters. The van der Waals surface area contributed by atoms with E-state index in [2.05, 4.69) is 15.1 Å². The van der Waals surface area contributed by atoms with Gasteiger partial charge in [0.25, 0.3) is 5.82 Å². The van der Waals surface area contributed by atoms with Gasteiger partial charge in [-0.3, -0.25) is 0 Å². The van der Waals surface area contributed by atoms with Crippen molar-refractivity contribution in [2.45, 2.75) is 0 Å². The van der Waals surface area contributed by atoms with Crippen LogP contribution in [0.15, 0.2) is 24.5 Å². The molecule has 2 heterocycles. The molecular formula is C9H7N5O. The third-order valence-corrected chi connectivity index (χ3v) is 1.74. The molecule has 15 heavy (non-hydrogen) atoms. The summed E-state index contributed by atoms with van der Waals surface area (Å²) in [5.41, 5.74) is 0. The van der Waals surface area contributed by atoms with Crippen LogP contribution in [-0.2, 0) is 0 Å². The average Bonchev–Trinajstić information content (AvgIpc) is 2.78. The van der Waals surface area contributed by atoms with Crippen LogP contribution in [0.25, 0.3) is 5.82 Å². The Morgan fingerprint density at radius 3 is 3.00 bits per heavy atom. The van der Waals surface area contributed by atoms with Gasteiger partial charge >= 0.3 is 0 Å². The zero-order valence-corrected chi connectivity index (χ0v) is 7.95. The van der Waals surface area contributed by atoms with Crippen molar-refractivity contribution >= 4 is 0 Å². The summed E-state index contributed by atoms with van der Waals surface area (Å²) >= 11 is 0. The van der Waals surface area contributed by atoms with Crippen molar-refractivity contribution in [1.82, 2.24) is 19.7 Å².